The second kappa shape index (κ2) is 5.29. The summed E-state index contributed by atoms with van der Waals surface area (Å²) >= 11 is 0. The third kappa shape index (κ3) is 2.58. The number of nitrogen functional groups attached to an aromatic ring is 1. The Morgan fingerprint density at radius 3 is 2.78 bits per heavy atom. The van der Waals surface area contributed by atoms with Gasteiger partial charge in [0.1, 0.15) is 5.75 Å². The van der Waals surface area contributed by atoms with Crippen molar-refractivity contribution >= 4 is 11.6 Å². The number of methoxy groups -OCH3 is 1. The van der Waals surface area contributed by atoms with E-state index >= 15 is 0 Å². The van der Waals surface area contributed by atoms with Crippen molar-refractivity contribution < 1.29 is 9.53 Å². The minimum Gasteiger partial charge on any atom is -0.495 e. The van der Waals surface area contributed by atoms with Gasteiger partial charge in [-0.1, -0.05) is 13.3 Å². The molecule has 2 rings (SSSR count). The number of ether oxygens (including phenoxy) is 1. The monoisotopic (exact) mass is 248 g/mol. The van der Waals surface area contributed by atoms with E-state index in [0.29, 0.717) is 29.0 Å². The zero-order chi connectivity index (χ0) is 13.1. The molecule has 18 heavy (non-hydrogen) atoms. The van der Waals surface area contributed by atoms with E-state index in [1.807, 2.05) is 0 Å². The van der Waals surface area contributed by atoms with Crippen molar-refractivity contribution in [3.8, 4) is 5.75 Å². The van der Waals surface area contributed by atoms with Gasteiger partial charge in [0, 0.05) is 11.6 Å². The second-order valence-electron chi connectivity index (χ2n) is 4.94. The van der Waals surface area contributed by atoms with Crippen LogP contribution in [0.5, 0.6) is 5.75 Å². The standard InChI is InChI=1S/C14H20N2O2/c1-9-4-3-5-12(9)16-14(17)10-6-7-13(18-2)11(15)8-10/h6-9,12H,3-5,15H2,1-2H3,(H,16,17). The fraction of sp³-hybridized carbons (Fsp3) is 0.500. The summed E-state index contributed by atoms with van der Waals surface area (Å²) in [4.78, 5) is 12.1. The van der Waals surface area contributed by atoms with Gasteiger partial charge in [0.2, 0.25) is 0 Å². The number of rotatable bonds is 3. The van der Waals surface area contributed by atoms with Crippen LogP contribution < -0.4 is 15.8 Å². The first-order chi connectivity index (χ1) is 8.61. The lowest BCUT2D eigenvalue weighted by atomic mass is 10.1. The minimum atomic E-state index is -0.0527. The van der Waals surface area contributed by atoms with Gasteiger partial charge in [-0.3, -0.25) is 4.79 Å². The van der Waals surface area contributed by atoms with Gasteiger partial charge in [-0.25, -0.2) is 0 Å². The Bertz CT molecular complexity index is 445. The molecule has 0 bridgehead atoms. The Labute approximate surface area is 108 Å². The first-order valence-electron chi connectivity index (χ1n) is 6.36. The molecule has 0 aliphatic heterocycles. The van der Waals surface area contributed by atoms with Crippen LogP contribution in [0.4, 0.5) is 5.69 Å². The summed E-state index contributed by atoms with van der Waals surface area (Å²) in [5, 5.41) is 3.07. The molecule has 0 aromatic heterocycles. The highest BCUT2D eigenvalue weighted by atomic mass is 16.5. The van der Waals surface area contributed by atoms with Crippen molar-refractivity contribution in [1.29, 1.82) is 0 Å². The van der Waals surface area contributed by atoms with E-state index in [0.717, 1.165) is 6.42 Å². The Hall–Kier alpha value is -1.71. The maximum atomic E-state index is 12.1. The van der Waals surface area contributed by atoms with E-state index in [1.54, 1.807) is 25.3 Å². The predicted octanol–water partition coefficient (Wildman–Crippen LogP) is 2.20. The number of anilines is 1. The van der Waals surface area contributed by atoms with E-state index in [2.05, 4.69) is 12.2 Å². The number of nitrogens with two attached hydrogens (primary N) is 1. The summed E-state index contributed by atoms with van der Waals surface area (Å²) in [7, 11) is 1.56. The molecule has 0 heterocycles. The van der Waals surface area contributed by atoms with Crippen LogP contribution in [-0.2, 0) is 0 Å². The molecule has 1 aliphatic carbocycles. The third-order valence-corrected chi connectivity index (χ3v) is 3.67. The van der Waals surface area contributed by atoms with Crippen LogP contribution in [0.2, 0.25) is 0 Å². The molecule has 0 radical (unpaired) electrons. The summed E-state index contributed by atoms with van der Waals surface area (Å²) in [6.45, 7) is 2.18. The van der Waals surface area contributed by atoms with E-state index in [9.17, 15) is 4.79 Å². The predicted molar refractivity (Wildman–Crippen MR) is 71.7 cm³/mol. The first kappa shape index (κ1) is 12.7. The Morgan fingerprint density at radius 1 is 1.44 bits per heavy atom. The molecule has 1 aromatic rings. The van der Waals surface area contributed by atoms with Crippen LogP contribution >= 0.6 is 0 Å². The van der Waals surface area contributed by atoms with Gasteiger partial charge in [-0.05, 0) is 37.0 Å². The van der Waals surface area contributed by atoms with Crippen LogP contribution in [-0.4, -0.2) is 19.1 Å². The SMILES string of the molecule is COc1ccc(C(=O)NC2CCCC2C)cc1N. The van der Waals surface area contributed by atoms with Crippen molar-refractivity contribution in [1.82, 2.24) is 5.32 Å². The number of amides is 1. The van der Waals surface area contributed by atoms with Crippen LogP contribution in [0, 0.1) is 5.92 Å². The van der Waals surface area contributed by atoms with Gasteiger partial charge in [-0.15, -0.1) is 0 Å². The fourth-order valence-electron chi connectivity index (χ4n) is 2.49. The lowest BCUT2D eigenvalue weighted by molar-refractivity contribution is 0.0929. The lowest BCUT2D eigenvalue weighted by Crippen LogP contribution is -2.36. The van der Waals surface area contributed by atoms with Crippen molar-refractivity contribution in [2.75, 3.05) is 12.8 Å². The summed E-state index contributed by atoms with van der Waals surface area (Å²) < 4.78 is 5.07. The second-order valence-corrected chi connectivity index (χ2v) is 4.94. The van der Waals surface area contributed by atoms with E-state index < -0.39 is 0 Å². The topological polar surface area (TPSA) is 64.3 Å². The van der Waals surface area contributed by atoms with Crippen LogP contribution in [0.3, 0.4) is 0 Å². The highest BCUT2D eigenvalue weighted by Gasteiger charge is 2.25. The summed E-state index contributed by atoms with van der Waals surface area (Å²) in [5.41, 5.74) is 6.88. The van der Waals surface area contributed by atoms with Gasteiger partial charge in [0.25, 0.3) is 5.91 Å². The van der Waals surface area contributed by atoms with E-state index in [-0.39, 0.29) is 5.91 Å². The molecule has 1 amide bonds. The Balaban J connectivity index is 2.07. The van der Waals surface area contributed by atoms with E-state index in [4.69, 9.17) is 10.5 Å². The summed E-state index contributed by atoms with van der Waals surface area (Å²) in [6.07, 6.45) is 3.45. The molecule has 2 unspecified atom stereocenters. The van der Waals surface area contributed by atoms with Gasteiger partial charge < -0.3 is 15.8 Å². The van der Waals surface area contributed by atoms with Gasteiger partial charge in [-0.2, -0.15) is 0 Å². The molecule has 98 valence electrons. The van der Waals surface area contributed by atoms with Crippen molar-refractivity contribution in [3.05, 3.63) is 23.8 Å². The van der Waals surface area contributed by atoms with Crippen molar-refractivity contribution in [3.63, 3.8) is 0 Å². The summed E-state index contributed by atoms with van der Waals surface area (Å²) in [5.74, 6) is 1.11. The molecule has 0 saturated heterocycles. The highest BCUT2D eigenvalue weighted by Crippen LogP contribution is 2.26. The van der Waals surface area contributed by atoms with Crippen LogP contribution in [0.15, 0.2) is 18.2 Å². The Kier molecular flexibility index (Phi) is 3.75. The molecule has 4 heteroatoms. The maximum Gasteiger partial charge on any atom is 0.251 e. The number of hydrogen-bond donors (Lipinski definition) is 2. The molecular weight excluding hydrogens is 228 g/mol. The molecule has 4 nitrogen and oxygen atoms in total. The Morgan fingerprint density at radius 2 is 2.22 bits per heavy atom. The average Bonchev–Trinajstić information content (AvgIpc) is 2.75. The number of benzene rings is 1. The highest BCUT2D eigenvalue weighted by molar-refractivity contribution is 5.95. The molecule has 1 fully saturated rings. The molecule has 3 N–H and O–H groups in total. The smallest absolute Gasteiger partial charge is 0.251 e. The normalized spacial score (nSPS) is 22.8. The zero-order valence-corrected chi connectivity index (χ0v) is 10.9. The number of carbonyl (C=O) groups excluding carboxylic acids is 1. The zero-order valence-electron chi connectivity index (χ0n) is 10.9. The first-order valence-corrected chi connectivity index (χ1v) is 6.36. The van der Waals surface area contributed by atoms with Crippen LogP contribution in [0.1, 0.15) is 36.5 Å². The number of nitrogens with one attached hydrogen (secondary N) is 1. The third-order valence-electron chi connectivity index (χ3n) is 3.67. The molecule has 1 aromatic carbocycles. The van der Waals surface area contributed by atoms with Gasteiger partial charge in [0.15, 0.2) is 0 Å². The van der Waals surface area contributed by atoms with Crippen molar-refractivity contribution in [2.45, 2.75) is 32.2 Å². The number of hydrogen-bond acceptors (Lipinski definition) is 3. The molecule has 1 aliphatic rings. The van der Waals surface area contributed by atoms with Crippen molar-refractivity contribution in [2.24, 2.45) is 5.92 Å². The van der Waals surface area contributed by atoms with Crippen LogP contribution in [0.25, 0.3) is 0 Å². The van der Waals surface area contributed by atoms with E-state index in [1.165, 1.54) is 12.8 Å². The summed E-state index contributed by atoms with van der Waals surface area (Å²) in [6, 6.07) is 5.42. The fourth-order valence-corrected chi connectivity index (χ4v) is 2.49. The van der Waals surface area contributed by atoms with Gasteiger partial charge >= 0.3 is 0 Å². The number of carbonyl (C=O) groups is 1. The lowest BCUT2D eigenvalue weighted by Gasteiger charge is -2.17. The van der Waals surface area contributed by atoms with Gasteiger partial charge in [0.05, 0.1) is 12.8 Å². The molecular formula is C14H20N2O2. The maximum absolute atomic E-state index is 12.1. The molecule has 2 atom stereocenters. The largest absolute Gasteiger partial charge is 0.495 e. The molecule has 1 saturated carbocycles. The average molecular weight is 248 g/mol. The quantitative estimate of drug-likeness (QED) is 0.806. The molecule has 0 spiro atoms. The minimum absolute atomic E-state index is 0.0527.